The zero-order valence-corrected chi connectivity index (χ0v) is 14.3. The van der Waals surface area contributed by atoms with Crippen LogP contribution in [0.4, 0.5) is 11.4 Å². The van der Waals surface area contributed by atoms with Crippen molar-refractivity contribution in [2.75, 3.05) is 5.32 Å². The van der Waals surface area contributed by atoms with Crippen molar-refractivity contribution in [3.63, 3.8) is 0 Å². The third-order valence-electron chi connectivity index (χ3n) is 3.20. The summed E-state index contributed by atoms with van der Waals surface area (Å²) in [6.07, 6.45) is 0.165. The number of nitro groups is 1. The Morgan fingerprint density at radius 1 is 1.25 bits per heavy atom. The quantitative estimate of drug-likeness (QED) is 0.492. The van der Waals surface area contributed by atoms with Crippen LogP contribution in [0.2, 0.25) is 5.02 Å². The second-order valence-electron chi connectivity index (χ2n) is 5.06. The summed E-state index contributed by atoms with van der Waals surface area (Å²) in [6.45, 7) is 1.72. The van der Waals surface area contributed by atoms with Crippen molar-refractivity contribution < 1.29 is 9.72 Å². The zero-order valence-electron chi connectivity index (χ0n) is 12.7. The standard InChI is InChI=1S/C16H14ClN3O3S/c1-10-8-13(20(22)23)6-7-14(10)18-16(24)19-15(21)9-11-2-4-12(17)5-3-11/h2-8H,9H2,1H3,(H2,18,19,21,24). The van der Waals surface area contributed by atoms with Gasteiger partial charge in [0.1, 0.15) is 0 Å². The largest absolute Gasteiger partial charge is 0.332 e. The summed E-state index contributed by atoms with van der Waals surface area (Å²) < 4.78 is 0. The fourth-order valence-corrected chi connectivity index (χ4v) is 2.36. The molecule has 0 aliphatic rings. The van der Waals surface area contributed by atoms with Crippen molar-refractivity contribution in [2.45, 2.75) is 13.3 Å². The van der Waals surface area contributed by atoms with Gasteiger partial charge in [-0.3, -0.25) is 14.9 Å². The van der Waals surface area contributed by atoms with E-state index < -0.39 is 4.92 Å². The summed E-state index contributed by atoms with van der Waals surface area (Å²) in [5.74, 6) is -0.269. The maximum absolute atomic E-state index is 12.0. The Morgan fingerprint density at radius 3 is 2.50 bits per heavy atom. The molecule has 6 nitrogen and oxygen atoms in total. The highest BCUT2D eigenvalue weighted by molar-refractivity contribution is 7.80. The summed E-state index contributed by atoms with van der Waals surface area (Å²) in [5, 5.41) is 16.9. The molecule has 0 aliphatic heterocycles. The van der Waals surface area contributed by atoms with Gasteiger partial charge in [0.05, 0.1) is 11.3 Å². The van der Waals surface area contributed by atoms with Crippen molar-refractivity contribution in [1.82, 2.24) is 5.32 Å². The number of rotatable bonds is 4. The van der Waals surface area contributed by atoms with Crippen LogP contribution in [-0.4, -0.2) is 15.9 Å². The molecular formula is C16H14ClN3O3S. The number of anilines is 1. The Bertz CT molecular complexity index is 794. The monoisotopic (exact) mass is 363 g/mol. The predicted octanol–water partition coefficient (Wildman–Crippen LogP) is 3.61. The lowest BCUT2D eigenvalue weighted by molar-refractivity contribution is -0.384. The number of non-ortho nitro benzene ring substituents is 1. The van der Waals surface area contributed by atoms with Crippen molar-refractivity contribution in [2.24, 2.45) is 0 Å². The van der Waals surface area contributed by atoms with Crippen LogP contribution in [0.15, 0.2) is 42.5 Å². The van der Waals surface area contributed by atoms with E-state index in [2.05, 4.69) is 10.6 Å². The molecule has 0 heterocycles. The van der Waals surface area contributed by atoms with E-state index in [-0.39, 0.29) is 23.1 Å². The third kappa shape index (κ3) is 5.00. The van der Waals surface area contributed by atoms with Gasteiger partial charge in [-0.25, -0.2) is 0 Å². The molecule has 1 amide bonds. The number of hydrogen-bond acceptors (Lipinski definition) is 4. The summed E-state index contributed by atoms with van der Waals surface area (Å²) in [4.78, 5) is 22.2. The molecule has 0 bridgehead atoms. The van der Waals surface area contributed by atoms with Crippen LogP contribution in [0, 0.1) is 17.0 Å². The SMILES string of the molecule is Cc1cc([N+](=O)[O-])ccc1NC(=S)NC(=O)Cc1ccc(Cl)cc1. The normalized spacial score (nSPS) is 10.1. The van der Waals surface area contributed by atoms with Gasteiger partial charge in [0.2, 0.25) is 5.91 Å². The van der Waals surface area contributed by atoms with E-state index in [0.717, 1.165) is 5.56 Å². The lowest BCUT2D eigenvalue weighted by Crippen LogP contribution is -2.35. The van der Waals surface area contributed by atoms with Gasteiger partial charge in [-0.1, -0.05) is 23.7 Å². The van der Waals surface area contributed by atoms with Crippen molar-refractivity contribution in [3.05, 3.63) is 68.7 Å². The Kier molecular flexibility index (Phi) is 5.83. The van der Waals surface area contributed by atoms with E-state index in [1.807, 2.05) is 0 Å². The van der Waals surface area contributed by atoms with Gasteiger partial charge in [-0.2, -0.15) is 0 Å². The van der Waals surface area contributed by atoms with Gasteiger partial charge in [0.25, 0.3) is 5.69 Å². The van der Waals surface area contributed by atoms with Crippen LogP contribution in [-0.2, 0) is 11.2 Å². The molecule has 124 valence electrons. The number of nitrogens with zero attached hydrogens (tertiary/aromatic N) is 1. The predicted molar refractivity (Wildman–Crippen MR) is 97.4 cm³/mol. The highest BCUT2D eigenvalue weighted by Crippen LogP contribution is 2.21. The van der Waals surface area contributed by atoms with Gasteiger partial charge in [-0.05, 0) is 48.5 Å². The molecule has 2 rings (SSSR count). The molecule has 0 spiro atoms. The van der Waals surface area contributed by atoms with Crippen LogP contribution in [0.1, 0.15) is 11.1 Å². The van der Waals surface area contributed by atoms with Crippen molar-refractivity contribution in [3.8, 4) is 0 Å². The third-order valence-corrected chi connectivity index (χ3v) is 3.66. The number of carbonyl (C=O) groups excluding carboxylic acids is 1. The molecule has 0 aliphatic carbocycles. The number of nitro benzene ring substituents is 1. The Morgan fingerprint density at radius 2 is 1.92 bits per heavy atom. The van der Waals surface area contributed by atoms with E-state index in [1.165, 1.54) is 12.1 Å². The number of aryl methyl sites for hydroxylation is 1. The number of hydrogen-bond donors (Lipinski definition) is 2. The minimum atomic E-state index is -0.469. The number of carbonyl (C=O) groups is 1. The molecule has 0 unspecified atom stereocenters. The van der Waals surface area contributed by atoms with Crippen LogP contribution in [0.3, 0.4) is 0 Å². The molecule has 8 heteroatoms. The molecule has 0 radical (unpaired) electrons. The van der Waals surface area contributed by atoms with Gasteiger partial charge < -0.3 is 10.6 Å². The molecule has 2 aromatic rings. The van der Waals surface area contributed by atoms with Crippen LogP contribution >= 0.6 is 23.8 Å². The van der Waals surface area contributed by atoms with E-state index in [4.69, 9.17) is 23.8 Å². The summed E-state index contributed by atoms with van der Waals surface area (Å²) in [5.41, 5.74) is 2.05. The lowest BCUT2D eigenvalue weighted by atomic mass is 10.1. The fraction of sp³-hybridized carbons (Fsp3) is 0.125. The lowest BCUT2D eigenvalue weighted by Gasteiger charge is -2.11. The summed E-state index contributed by atoms with van der Waals surface area (Å²) >= 11 is 10.9. The minimum absolute atomic E-state index is 0.00394. The van der Waals surface area contributed by atoms with Gasteiger partial charge >= 0.3 is 0 Å². The molecular weight excluding hydrogens is 350 g/mol. The molecule has 0 saturated carbocycles. The Labute approximate surface area is 149 Å². The molecule has 0 aromatic heterocycles. The Balaban J connectivity index is 1.94. The van der Waals surface area contributed by atoms with Crippen LogP contribution in [0.25, 0.3) is 0 Å². The van der Waals surface area contributed by atoms with Gasteiger partial charge in [-0.15, -0.1) is 0 Å². The second-order valence-corrected chi connectivity index (χ2v) is 5.91. The average molecular weight is 364 g/mol. The molecule has 2 aromatic carbocycles. The van der Waals surface area contributed by atoms with E-state index in [9.17, 15) is 14.9 Å². The smallest absolute Gasteiger partial charge is 0.269 e. The van der Waals surface area contributed by atoms with E-state index in [1.54, 1.807) is 37.3 Å². The number of amides is 1. The first-order chi connectivity index (χ1) is 11.3. The van der Waals surface area contributed by atoms with Crippen LogP contribution < -0.4 is 10.6 Å². The molecule has 2 N–H and O–H groups in total. The topological polar surface area (TPSA) is 84.3 Å². The van der Waals surface area contributed by atoms with Gasteiger partial charge in [0, 0.05) is 22.8 Å². The van der Waals surface area contributed by atoms with E-state index >= 15 is 0 Å². The molecule has 0 saturated heterocycles. The minimum Gasteiger partial charge on any atom is -0.332 e. The van der Waals surface area contributed by atoms with Gasteiger partial charge in [0.15, 0.2) is 5.11 Å². The van der Waals surface area contributed by atoms with Crippen LogP contribution in [0.5, 0.6) is 0 Å². The fourth-order valence-electron chi connectivity index (χ4n) is 2.01. The first-order valence-corrected chi connectivity index (χ1v) is 7.74. The Hall–Kier alpha value is -2.51. The average Bonchev–Trinajstić information content (AvgIpc) is 2.51. The number of halogens is 1. The highest BCUT2D eigenvalue weighted by atomic mass is 35.5. The second kappa shape index (κ2) is 7.85. The van der Waals surface area contributed by atoms with Crippen molar-refractivity contribution in [1.29, 1.82) is 0 Å². The summed E-state index contributed by atoms with van der Waals surface area (Å²) in [7, 11) is 0. The highest BCUT2D eigenvalue weighted by Gasteiger charge is 2.10. The molecule has 0 atom stereocenters. The maximum Gasteiger partial charge on any atom is 0.269 e. The molecule has 24 heavy (non-hydrogen) atoms. The van der Waals surface area contributed by atoms with Crippen molar-refractivity contribution >= 4 is 46.2 Å². The summed E-state index contributed by atoms with van der Waals surface area (Å²) in [6, 6.07) is 11.3. The first kappa shape index (κ1) is 17.8. The number of thiocarbonyl (C=S) groups is 1. The first-order valence-electron chi connectivity index (χ1n) is 6.95. The maximum atomic E-state index is 12.0. The molecule has 0 fully saturated rings. The number of benzene rings is 2. The van der Waals surface area contributed by atoms with E-state index in [0.29, 0.717) is 16.3 Å². The zero-order chi connectivity index (χ0) is 17.7. The number of nitrogens with one attached hydrogen (secondary N) is 2.